The summed E-state index contributed by atoms with van der Waals surface area (Å²) >= 11 is 1.10. The number of fused-ring (bicyclic) bond motifs is 2. The first-order valence-electron chi connectivity index (χ1n) is 9.92. The number of hydrogen-bond donors (Lipinski definition) is 0. The van der Waals surface area contributed by atoms with E-state index in [-0.39, 0.29) is 11.5 Å². The third-order valence-corrected chi connectivity index (χ3v) is 5.82. The fraction of sp³-hybridized carbons (Fsp3) is 0.0833. The Bertz CT molecular complexity index is 1600. The minimum absolute atomic E-state index is 0.0807. The molecule has 0 fully saturated rings. The van der Waals surface area contributed by atoms with Crippen LogP contribution in [0.5, 0.6) is 0 Å². The molecule has 0 aliphatic carbocycles. The first-order valence-corrected chi connectivity index (χ1v) is 10.7. The lowest BCUT2D eigenvalue weighted by molar-refractivity contribution is -0.137. The molecule has 0 bridgehead atoms. The Kier molecular flexibility index (Phi) is 5.05. The molecule has 33 heavy (non-hydrogen) atoms. The second kappa shape index (κ2) is 7.93. The summed E-state index contributed by atoms with van der Waals surface area (Å²) in [5, 5.41) is 0.313. The molecule has 0 unspecified atom stereocenters. The maximum Gasteiger partial charge on any atom is 0.416 e. The normalized spacial score (nSPS) is 12.2. The first-order chi connectivity index (χ1) is 15.8. The van der Waals surface area contributed by atoms with Crippen molar-refractivity contribution in [2.75, 3.05) is 0 Å². The van der Waals surface area contributed by atoms with Gasteiger partial charge < -0.3 is 0 Å². The van der Waals surface area contributed by atoms with Gasteiger partial charge in [0.15, 0.2) is 0 Å². The number of nitrogens with zero attached hydrogens (tertiary/aromatic N) is 4. The summed E-state index contributed by atoms with van der Waals surface area (Å²) in [6.45, 7) is 1.94. The van der Waals surface area contributed by atoms with Crippen LogP contribution in [-0.4, -0.2) is 18.3 Å². The van der Waals surface area contributed by atoms with E-state index in [0.717, 1.165) is 40.5 Å². The fourth-order valence-electron chi connectivity index (χ4n) is 3.64. The van der Waals surface area contributed by atoms with E-state index >= 15 is 0 Å². The highest BCUT2D eigenvalue weighted by atomic mass is 32.1. The largest absolute Gasteiger partial charge is 0.416 e. The van der Waals surface area contributed by atoms with E-state index in [1.54, 1.807) is 36.4 Å². The maximum atomic E-state index is 13.3. The fourth-order valence-corrected chi connectivity index (χ4v) is 4.27. The van der Waals surface area contributed by atoms with Gasteiger partial charge in [-0.15, -0.1) is 0 Å². The number of para-hydroxylation sites is 1. The first kappa shape index (κ1) is 21.0. The van der Waals surface area contributed by atoms with Gasteiger partial charge >= 0.3 is 6.18 Å². The van der Waals surface area contributed by atoms with E-state index < -0.39 is 17.3 Å². The molecule has 5 nitrogen and oxygen atoms in total. The summed E-state index contributed by atoms with van der Waals surface area (Å²) in [4.78, 5) is 17.9. The van der Waals surface area contributed by atoms with Crippen molar-refractivity contribution in [1.29, 1.82) is 0 Å². The van der Waals surface area contributed by atoms with Crippen LogP contribution in [0.4, 0.5) is 13.2 Å². The molecule has 0 saturated heterocycles. The van der Waals surface area contributed by atoms with Crippen LogP contribution in [-0.2, 0) is 6.18 Å². The minimum Gasteiger partial charge on any atom is -0.268 e. The zero-order valence-electron chi connectivity index (χ0n) is 17.2. The van der Waals surface area contributed by atoms with Crippen LogP contribution < -0.4 is 5.56 Å². The predicted octanol–water partition coefficient (Wildman–Crippen LogP) is 5.89. The molecule has 2 aromatic heterocycles. The van der Waals surface area contributed by atoms with Crippen molar-refractivity contribution in [3.63, 3.8) is 0 Å². The van der Waals surface area contributed by atoms with Gasteiger partial charge in [0.25, 0.3) is 5.56 Å². The highest BCUT2D eigenvalue weighted by Gasteiger charge is 2.30. The molecule has 0 aliphatic heterocycles. The quantitative estimate of drug-likeness (QED) is 0.334. The Morgan fingerprint density at radius 3 is 2.55 bits per heavy atom. The molecule has 0 saturated carbocycles. The molecule has 5 rings (SSSR count). The third-order valence-electron chi connectivity index (χ3n) is 5.29. The van der Waals surface area contributed by atoms with E-state index in [1.165, 1.54) is 16.7 Å². The molecule has 0 N–H and O–H groups in total. The number of alkyl halides is 3. The number of aryl methyl sites for hydroxylation is 1. The number of benzene rings is 3. The van der Waals surface area contributed by atoms with Gasteiger partial charge in [-0.3, -0.25) is 9.36 Å². The predicted molar refractivity (Wildman–Crippen MR) is 123 cm³/mol. The summed E-state index contributed by atoms with van der Waals surface area (Å²) in [5.41, 5.74) is 2.48. The van der Waals surface area contributed by atoms with Crippen molar-refractivity contribution in [2.45, 2.75) is 13.1 Å². The molecule has 0 amide bonds. The number of halogens is 3. The van der Waals surface area contributed by atoms with Crippen LogP contribution in [0, 0.1) is 6.92 Å². The second-order valence-corrected chi connectivity index (χ2v) is 7.97. The number of aromatic nitrogens is 4. The van der Waals surface area contributed by atoms with Crippen LogP contribution in [0.1, 0.15) is 22.5 Å². The molecule has 9 heteroatoms. The van der Waals surface area contributed by atoms with E-state index in [1.807, 2.05) is 19.1 Å². The maximum absolute atomic E-state index is 13.3. The number of hydrogen-bond acceptors (Lipinski definition) is 5. The lowest BCUT2D eigenvalue weighted by Crippen LogP contribution is -2.22. The Hall–Kier alpha value is -3.85. The highest BCUT2D eigenvalue weighted by molar-refractivity contribution is 7.00. The van der Waals surface area contributed by atoms with Crippen LogP contribution in [0.25, 0.3) is 39.8 Å². The molecule has 164 valence electrons. The second-order valence-electron chi connectivity index (χ2n) is 7.44. The van der Waals surface area contributed by atoms with Crippen molar-refractivity contribution >= 4 is 45.8 Å². The molecule has 0 aliphatic rings. The minimum atomic E-state index is -4.54. The SMILES string of the molecule is Cc1ccc(/C=C\c2nc3ccccc3c(=O)n2-c2cccc(C(F)(F)F)c2)c2nsnc12. The molecule has 0 atom stereocenters. The average molecular weight is 464 g/mol. The molecule has 3 aromatic carbocycles. The molecule has 2 heterocycles. The Labute approximate surface area is 189 Å². The van der Waals surface area contributed by atoms with E-state index in [2.05, 4.69) is 13.7 Å². The van der Waals surface area contributed by atoms with E-state index in [4.69, 9.17) is 0 Å². The zero-order chi connectivity index (χ0) is 23.2. The van der Waals surface area contributed by atoms with Gasteiger partial charge in [-0.2, -0.15) is 21.9 Å². The Balaban J connectivity index is 1.73. The molecule has 5 aromatic rings. The topological polar surface area (TPSA) is 60.7 Å². The average Bonchev–Trinajstić information content (AvgIpc) is 3.29. The van der Waals surface area contributed by atoms with Crippen molar-refractivity contribution in [3.05, 3.63) is 93.5 Å². The standard InChI is InChI=1S/C24H15F3N4OS/c1-14-9-10-15(22-21(14)29-33-30-22)11-12-20-28-19-8-3-2-7-18(19)23(32)31(20)17-6-4-5-16(13-17)24(25,26)27/h2-13H,1H3/b12-11-. The summed E-state index contributed by atoms with van der Waals surface area (Å²) in [6.07, 6.45) is -1.19. The molecule has 0 radical (unpaired) electrons. The van der Waals surface area contributed by atoms with Gasteiger partial charge in [0.2, 0.25) is 0 Å². The monoisotopic (exact) mass is 464 g/mol. The van der Waals surface area contributed by atoms with Gasteiger partial charge in [-0.1, -0.05) is 30.3 Å². The highest BCUT2D eigenvalue weighted by Crippen LogP contribution is 2.30. The van der Waals surface area contributed by atoms with Gasteiger partial charge in [0, 0.05) is 5.56 Å². The van der Waals surface area contributed by atoms with E-state index in [9.17, 15) is 18.0 Å². The smallest absolute Gasteiger partial charge is 0.268 e. The van der Waals surface area contributed by atoms with Crippen molar-refractivity contribution < 1.29 is 13.2 Å². The molecular formula is C24H15F3N4OS. The number of rotatable bonds is 3. The van der Waals surface area contributed by atoms with Gasteiger partial charge in [0.1, 0.15) is 16.9 Å². The van der Waals surface area contributed by atoms with Crippen LogP contribution in [0.3, 0.4) is 0 Å². The Morgan fingerprint density at radius 2 is 1.73 bits per heavy atom. The zero-order valence-corrected chi connectivity index (χ0v) is 18.0. The molecule has 0 spiro atoms. The summed E-state index contributed by atoms with van der Waals surface area (Å²) in [7, 11) is 0. The summed E-state index contributed by atoms with van der Waals surface area (Å²) in [6, 6.07) is 15.2. The van der Waals surface area contributed by atoms with Crippen molar-refractivity contribution in [1.82, 2.24) is 18.3 Å². The lowest BCUT2D eigenvalue weighted by atomic mass is 10.1. The third kappa shape index (κ3) is 3.80. The summed E-state index contributed by atoms with van der Waals surface area (Å²) < 4.78 is 49.8. The lowest BCUT2D eigenvalue weighted by Gasteiger charge is -2.14. The summed E-state index contributed by atoms with van der Waals surface area (Å²) in [5.74, 6) is 0.204. The van der Waals surface area contributed by atoms with Gasteiger partial charge in [0.05, 0.1) is 33.9 Å². The van der Waals surface area contributed by atoms with Crippen LogP contribution in [0.2, 0.25) is 0 Å². The molecular weight excluding hydrogens is 449 g/mol. The Morgan fingerprint density at radius 1 is 0.939 bits per heavy atom. The van der Waals surface area contributed by atoms with Crippen molar-refractivity contribution in [3.8, 4) is 5.69 Å². The van der Waals surface area contributed by atoms with Gasteiger partial charge in [-0.05, 0) is 55.0 Å². The van der Waals surface area contributed by atoms with Crippen LogP contribution >= 0.6 is 11.7 Å². The van der Waals surface area contributed by atoms with E-state index in [0.29, 0.717) is 16.4 Å². The van der Waals surface area contributed by atoms with Crippen molar-refractivity contribution in [2.24, 2.45) is 0 Å². The van der Waals surface area contributed by atoms with Gasteiger partial charge in [-0.25, -0.2) is 4.98 Å². The van der Waals surface area contributed by atoms with Crippen LogP contribution in [0.15, 0.2) is 65.5 Å².